The molecule has 0 heterocycles. The van der Waals surface area contributed by atoms with Crippen LogP contribution in [0.2, 0.25) is 0 Å². The van der Waals surface area contributed by atoms with Crippen molar-refractivity contribution in [2.75, 3.05) is 0 Å². The Morgan fingerprint density at radius 2 is 1.60 bits per heavy atom. The summed E-state index contributed by atoms with van der Waals surface area (Å²) in [7, 11) is 0. The molecule has 0 aliphatic rings. The molecule has 0 aliphatic heterocycles. The molecule has 0 amide bonds. The van der Waals surface area contributed by atoms with Crippen molar-refractivity contribution in [1.82, 2.24) is 0 Å². The first-order valence-electron chi connectivity index (χ1n) is 6.01. The number of unbranched alkanes of at least 4 members (excludes halogenated alkanes) is 6. The minimum atomic E-state index is -0.745. The van der Waals surface area contributed by atoms with E-state index in [1.54, 1.807) is 6.92 Å². The second kappa shape index (κ2) is 15.7. The first-order valence-corrected chi connectivity index (χ1v) is 6.01. The average Bonchev–Trinajstić information content (AvgIpc) is 2.24. The SMILES string of the molecule is C=CCCCCCCCC.CCC(=O)O. The molecule has 0 fully saturated rings. The molecular formula is C13H26O2. The summed E-state index contributed by atoms with van der Waals surface area (Å²) in [6.45, 7) is 7.55. The van der Waals surface area contributed by atoms with Gasteiger partial charge in [-0.05, 0) is 12.8 Å². The lowest BCUT2D eigenvalue weighted by Crippen LogP contribution is -1.86. The van der Waals surface area contributed by atoms with Crippen molar-refractivity contribution >= 4 is 5.97 Å². The van der Waals surface area contributed by atoms with Gasteiger partial charge in [-0.25, -0.2) is 0 Å². The molecule has 0 spiro atoms. The molecule has 0 aromatic heterocycles. The summed E-state index contributed by atoms with van der Waals surface area (Å²) in [5.74, 6) is -0.745. The van der Waals surface area contributed by atoms with Crippen LogP contribution in [0.25, 0.3) is 0 Å². The molecule has 0 radical (unpaired) electrons. The highest BCUT2D eigenvalue weighted by Crippen LogP contribution is 2.06. The summed E-state index contributed by atoms with van der Waals surface area (Å²) in [6.07, 6.45) is 11.8. The molecule has 0 aromatic carbocycles. The molecule has 0 atom stereocenters. The Kier molecular flexibility index (Phi) is 17.4. The lowest BCUT2D eigenvalue weighted by molar-refractivity contribution is -0.136. The van der Waals surface area contributed by atoms with Crippen LogP contribution < -0.4 is 0 Å². The highest BCUT2D eigenvalue weighted by Gasteiger charge is 1.86. The number of aliphatic carboxylic acids is 1. The standard InChI is InChI=1S/C10H20.C3H6O2/c1-3-5-7-9-10-8-6-4-2;1-2-3(4)5/h3H,1,4-10H2,2H3;2H2,1H3,(H,4,5). The van der Waals surface area contributed by atoms with Crippen LogP contribution in [0.15, 0.2) is 12.7 Å². The monoisotopic (exact) mass is 214 g/mol. The number of allylic oxidation sites excluding steroid dienone is 1. The quantitative estimate of drug-likeness (QED) is 0.480. The minimum Gasteiger partial charge on any atom is -0.481 e. The van der Waals surface area contributed by atoms with Gasteiger partial charge in [0.1, 0.15) is 0 Å². The summed E-state index contributed by atoms with van der Waals surface area (Å²) in [6, 6.07) is 0. The van der Waals surface area contributed by atoms with Crippen molar-refractivity contribution < 1.29 is 9.90 Å². The van der Waals surface area contributed by atoms with Gasteiger partial charge in [-0.1, -0.05) is 52.0 Å². The Balaban J connectivity index is 0. The van der Waals surface area contributed by atoms with Crippen LogP contribution in [0.4, 0.5) is 0 Å². The fraction of sp³-hybridized carbons (Fsp3) is 0.769. The zero-order valence-electron chi connectivity index (χ0n) is 10.3. The molecule has 0 saturated heterocycles. The van der Waals surface area contributed by atoms with E-state index in [0.717, 1.165) is 0 Å². The molecule has 0 aromatic rings. The summed E-state index contributed by atoms with van der Waals surface area (Å²) in [5, 5.41) is 7.72. The highest BCUT2D eigenvalue weighted by atomic mass is 16.4. The summed E-state index contributed by atoms with van der Waals surface area (Å²) < 4.78 is 0. The maximum atomic E-state index is 9.37. The van der Waals surface area contributed by atoms with Crippen LogP contribution in [-0.2, 0) is 4.79 Å². The molecule has 0 unspecified atom stereocenters. The lowest BCUT2D eigenvalue weighted by Gasteiger charge is -1.96. The molecule has 0 bridgehead atoms. The first-order chi connectivity index (χ1) is 7.18. The molecule has 1 N–H and O–H groups in total. The topological polar surface area (TPSA) is 37.3 Å². The molecule has 90 valence electrons. The van der Waals surface area contributed by atoms with Gasteiger partial charge in [0, 0.05) is 6.42 Å². The Morgan fingerprint density at radius 3 is 2.00 bits per heavy atom. The van der Waals surface area contributed by atoms with E-state index in [1.807, 2.05) is 6.08 Å². The Morgan fingerprint density at radius 1 is 1.13 bits per heavy atom. The van der Waals surface area contributed by atoms with E-state index in [2.05, 4.69) is 13.5 Å². The zero-order chi connectivity index (χ0) is 11.9. The van der Waals surface area contributed by atoms with E-state index < -0.39 is 5.97 Å². The summed E-state index contributed by atoms with van der Waals surface area (Å²) in [5.41, 5.74) is 0. The van der Waals surface area contributed by atoms with E-state index in [4.69, 9.17) is 5.11 Å². The molecule has 2 nitrogen and oxygen atoms in total. The van der Waals surface area contributed by atoms with Gasteiger partial charge in [0.05, 0.1) is 0 Å². The van der Waals surface area contributed by atoms with Crippen LogP contribution in [0.1, 0.15) is 65.2 Å². The van der Waals surface area contributed by atoms with E-state index in [0.29, 0.717) is 0 Å². The number of carbonyl (C=O) groups is 1. The fourth-order valence-electron chi connectivity index (χ4n) is 1.07. The largest absolute Gasteiger partial charge is 0.481 e. The van der Waals surface area contributed by atoms with Crippen molar-refractivity contribution in [2.24, 2.45) is 0 Å². The molecule has 0 saturated carbocycles. The fourth-order valence-corrected chi connectivity index (χ4v) is 1.07. The number of hydrogen-bond donors (Lipinski definition) is 1. The van der Waals surface area contributed by atoms with Gasteiger partial charge < -0.3 is 5.11 Å². The summed E-state index contributed by atoms with van der Waals surface area (Å²) >= 11 is 0. The number of rotatable bonds is 8. The van der Waals surface area contributed by atoms with E-state index in [1.165, 1.54) is 44.9 Å². The van der Waals surface area contributed by atoms with Crippen molar-refractivity contribution in [3.8, 4) is 0 Å². The highest BCUT2D eigenvalue weighted by molar-refractivity contribution is 5.66. The minimum absolute atomic E-state index is 0.222. The van der Waals surface area contributed by atoms with E-state index in [9.17, 15) is 4.79 Å². The molecular weight excluding hydrogens is 188 g/mol. The average molecular weight is 214 g/mol. The second-order valence-corrected chi connectivity index (χ2v) is 3.59. The van der Waals surface area contributed by atoms with Crippen LogP contribution in [0.5, 0.6) is 0 Å². The van der Waals surface area contributed by atoms with Gasteiger partial charge in [0.15, 0.2) is 0 Å². The maximum absolute atomic E-state index is 9.37. The molecule has 2 heteroatoms. The van der Waals surface area contributed by atoms with Gasteiger partial charge >= 0.3 is 5.97 Å². The van der Waals surface area contributed by atoms with E-state index >= 15 is 0 Å². The number of hydrogen-bond acceptors (Lipinski definition) is 1. The number of carboxylic acid groups (broad SMARTS) is 1. The van der Waals surface area contributed by atoms with Crippen LogP contribution in [-0.4, -0.2) is 11.1 Å². The van der Waals surface area contributed by atoms with Gasteiger partial charge in [-0.15, -0.1) is 6.58 Å². The Bertz CT molecular complexity index is 141. The predicted octanol–water partition coefficient (Wildman–Crippen LogP) is 4.40. The van der Waals surface area contributed by atoms with Gasteiger partial charge in [-0.3, -0.25) is 4.79 Å². The lowest BCUT2D eigenvalue weighted by atomic mass is 10.1. The smallest absolute Gasteiger partial charge is 0.303 e. The third kappa shape index (κ3) is 24.6. The Labute approximate surface area is 94.4 Å². The summed E-state index contributed by atoms with van der Waals surface area (Å²) in [4.78, 5) is 9.37. The van der Waals surface area contributed by atoms with Crippen molar-refractivity contribution in [1.29, 1.82) is 0 Å². The van der Waals surface area contributed by atoms with Crippen LogP contribution in [0, 0.1) is 0 Å². The van der Waals surface area contributed by atoms with Gasteiger partial charge in [0.25, 0.3) is 0 Å². The van der Waals surface area contributed by atoms with Crippen molar-refractivity contribution in [2.45, 2.75) is 65.2 Å². The molecule has 0 aliphatic carbocycles. The molecule has 0 rings (SSSR count). The normalized spacial score (nSPS) is 8.93. The van der Waals surface area contributed by atoms with Crippen LogP contribution >= 0.6 is 0 Å². The van der Waals surface area contributed by atoms with Gasteiger partial charge in [-0.2, -0.15) is 0 Å². The third-order valence-corrected chi connectivity index (χ3v) is 2.06. The third-order valence-electron chi connectivity index (χ3n) is 2.06. The first kappa shape index (κ1) is 16.6. The van der Waals surface area contributed by atoms with Crippen molar-refractivity contribution in [3.63, 3.8) is 0 Å². The second-order valence-electron chi connectivity index (χ2n) is 3.59. The van der Waals surface area contributed by atoms with E-state index in [-0.39, 0.29) is 6.42 Å². The maximum Gasteiger partial charge on any atom is 0.303 e. The van der Waals surface area contributed by atoms with Crippen molar-refractivity contribution in [3.05, 3.63) is 12.7 Å². The number of carboxylic acids is 1. The predicted molar refractivity (Wildman–Crippen MR) is 66.1 cm³/mol. The van der Waals surface area contributed by atoms with Gasteiger partial charge in [0.2, 0.25) is 0 Å². The van der Waals surface area contributed by atoms with Crippen LogP contribution in [0.3, 0.4) is 0 Å². The Hall–Kier alpha value is -0.790. The molecule has 15 heavy (non-hydrogen) atoms. The zero-order valence-corrected chi connectivity index (χ0v) is 10.3.